The molecule has 0 spiro atoms. The number of halogens is 2. The minimum Gasteiger partial charge on any atom is -0.358 e. The van der Waals surface area contributed by atoms with Gasteiger partial charge in [0.25, 0.3) is 0 Å². The van der Waals surface area contributed by atoms with Gasteiger partial charge in [0, 0.05) is 25.7 Å². The first-order valence-electron chi connectivity index (χ1n) is 7.69. The average molecular weight is 366 g/mol. The molecule has 5 nitrogen and oxygen atoms in total. The van der Waals surface area contributed by atoms with Crippen LogP contribution in [-0.4, -0.2) is 28.2 Å². The molecule has 2 heterocycles. The lowest BCUT2D eigenvalue weighted by Gasteiger charge is -2.17. The number of hydrogen-bond donors (Lipinski definition) is 2. The molecule has 0 aliphatic carbocycles. The summed E-state index contributed by atoms with van der Waals surface area (Å²) < 4.78 is 12.9. The molecule has 3 rings (SSSR count). The molecule has 0 unspecified atom stereocenters. The Kier molecular flexibility index (Phi) is 5.42. The molecular weight excluding hydrogens is 349 g/mol. The maximum Gasteiger partial charge on any atom is 0.232 e. The van der Waals surface area contributed by atoms with Crippen LogP contribution in [-0.2, 0) is 6.54 Å². The largest absolute Gasteiger partial charge is 0.358 e. The first kappa shape index (κ1) is 16.9. The second-order valence-electron chi connectivity index (χ2n) is 5.50. The Balaban J connectivity index is 1.60. The van der Waals surface area contributed by atoms with E-state index in [0.29, 0.717) is 22.8 Å². The fraction of sp³-hybridized carbons (Fsp3) is 0.312. The summed E-state index contributed by atoms with van der Waals surface area (Å²) in [5, 5.41) is 6.73. The second kappa shape index (κ2) is 7.72. The zero-order valence-electron chi connectivity index (χ0n) is 12.9. The Labute approximate surface area is 150 Å². The van der Waals surface area contributed by atoms with Crippen LogP contribution in [0.25, 0.3) is 0 Å². The van der Waals surface area contributed by atoms with Crippen molar-refractivity contribution in [3.63, 3.8) is 0 Å². The molecule has 2 N–H and O–H groups in total. The molecule has 1 aromatic carbocycles. The summed E-state index contributed by atoms with van der Waals surface area (Å²) in [6.07, 6.45) is 2.31. The number of aromatic nitrogens is 2. The molecule has 1 aromatic heterocycles. The van der Waals surface area contributed by atoms with E-state index in [0.717, 1.165) is 37.3 Å². The van der Waals surface area contributed by atoms with E-state index >= 15 is 0 Å². The Hall–Kier alpha value is -1.99. The molecule has 8 heteroatoms. The van der Waals surface area contributed by atoms with Crippen molar-refractivity contribution in [1.82, 2.24) is 15.3 Å². The summed E-state index contributed by atoms with van der Waals surface area (Å²) in [6, 6.07) is 7.98. The predicted octanol–water partition coefficient (Wildman–Crippen LogP) is 3.36. The quantitative estimate of drug-likeness (QED) is 0.640. The SMILES string of the molecule is Fc1ccc(CNC(=S)Nc2nc(Cl)cc(N3CCCC3)n2)cc1. The first-order chi connectivity index (χ1) is 11.6. The van der Waals surface area contributed by atoms with Crippen LogP contribution in [0.2, 0.25) is 5.15 Å². The normalized spacial score (nSPS) is 13.8. The van der Waals surface area contributed by atoms with Gasteiger partial charge in [0.1, 0.15) is 16.8 Å². The van der Waals surface area contributed by atoms with Gasteiger partial charge in [-0.3, -0.25) is 0 Å². The van der Waals surface area contributed by atoms with Crippen molar-refractivity contribution in [2.75, 3.05) is 23.3 Å². The minimum absolute atomic E-state index is 0.263. The van der Waals surface area contributed by atoms with Crippen molar-refractivity contribution in [3.8, 4) is 0 Å². The summed E-state index contributed by atoms with van der Waals surface area (Å²) in [4.78, 5) is 10.8. The topological polar surface area (TPSA) is 53.1 Å². The highest BCUT2D eigenvalue weighted by molar-refractivity contribution is 7.80. The smallest absolute Gasteiger partial charge is 0.232 e. The number of hydrogen-bond acceptors (Lipinski definition) is 4. The highest BCUT2D eigenvalue weighted by Gasteiger charge is 2.15. The fourth-order valence-electron chi connectivity index (χ4n) is 2.50. The third kappa shape index (κ3) is 4.52. The zero-order valence-corrected chi connectivity index (χ0v) is 14.5. The van der Waals surface area contributed by atoms with Crippen LogP contribution in [0, 0.1) is 5.82 Å². The van der Waals surface area contributed by atoms with Gasteiger partial charge < -0.3 is 15.5 Å². The Morgan fingerprint density at radius 2 is 1.92 bits per heavy atom. The van der Waals surface area contributed by atoms with Crippen LogP contribution in [0.5, 0.6) is 0 Å². The highest BCUT2D eigenvalue weighted by atomic mass is 35.5. The molecule has 0 atom stereocenters. The number of benzene rings is 1. The van der Waals surface area contributed by atoms with Crippen molar-refractivity contribution in [2.24, 2.45) is 0 Å². The molecule has 0 amide bonds. The third-order valence-electron chi connectivity index (χ3n) is 3.70. The summed E-state index contributed by atoms with van der Waals surface area (Å²) in [5.74, 6) is 0.901. The van der Waals surface area contributed by atoms with Gasteiger partial charge >= 0.3 is 0 Å². The highest BCUT2D eigenvalue weighted by Crippen LogP contribution is 2.22. The molecule has 1 saturated heterocycles. The van der Waals surface area contributed by atoms with Gasteiger partial charge in [-0.05, 0) is 42.8 Å². The fourth-order valence-corrected chi connectivity index (χ4v) is 2.84. The lowest BCUT2D eigenvalue weighted by atomic mass is 10.2. The van der Waals surface area contributed by atoms with Crippen LogP contribution >= 0.6 is 23.8 Å². The Morgan fingerprint density at radius 1 is 1.21 bits per heavy atom. The van der Waals surface area contributed by atoms with E-state index in [9.17, 15) is 4.39 Å². The van der Waals surface area contributed by atoms with Gasteiger partial charge in [0.15, 0.2) is 5.11 Å². The van der Waals surface area contributed by atoms with Gasteiger partial charge in [-0.15, -0.1) is 0 Å². The van der Waals surface area contributed by atoms with Crippen LogP contribution in [0.1, 0.15) is 18.4 Å². The molecule has 126 valence electrons. The number of nitrogens with zero attached hydrogens (tertiary/aromatic N) is 3. The van der Waals surface area contributed by atoms with Crippen molar-refractivity contribution in [3.05, 3.63) is 46.9 Å². The second-order valence-corrected chi connectivity index (χ2v) is 6.30. The molecule has 24 heavy (non-hydrogen) atoms. The molecular formula is C16H17ClFN5S. The average Bonchev–Trinajstić information content (AvgIpc) is 3.08. The molecule has 1 aliphatic heterocycles. The standard InChI is InChI=1S/C16H17ClFN5S/c17-13-9-14(23-7-1-2-8-23)21-15(20-13)22-16(24)19-10-11-3-5-12(18)6-4-11/h3-6,9H,1-2,7-8,10H2,(H2,19,20,21,22,24). The van der Waals surface area contributed by atoms with Crippen LogP contribution in [0.4, 0.5) is 16.2 Å². The molecule has 1 fully saturated rings. The van der Waals surface area contributed by atoms with Gasteiger partial charge in [-0.1, -0.05) is 23.7 Å². The Bertz CT molecular complexity index is 719. The summed E-state index contributed by atoms with van der Waals surface area (Å²) in [7, 11) is 0. The Morgan fingerprint density at radius 3 is 2.62 bits per heavy atom. The van der Waals surface area contributed by atoms with E-state index in [4.69, 9.17) is 23.8 Å². The van der Waals surface area contributed by atoms with Crippen molar-refractivity contribution < 1.29 is 4.39 Å². The summed E-state index contributed by atoms with van der Waals surface area (Å²) >= 11 is 11.3. The van der Waals surface area contributed by atoms with Crippen molar-refractivity contribution in [2.45, 2.75) is 19.4 Å². The molecule has 1 aliphatic rings. The minimum atomic E-state index is -0.263. The first-order valence-corrected chi connectivity index (χ1v) is 8.47. The molecule has 0 radical (unpaired) electrons. The third-order valence-corrected chi connectivity index (χ3v) is 4.14. The van der Waals surface area contributed by atoms with E-state index in [-0.39, 0.29) is 5.82 Å². The summed E-state index contributed by atoms with van der Waals surface area (Å²) in [6.45, 7) is 2.42. The summed E-state index contributed by atoms with van der Waals surface area (Å²) in [5.41, 5.74) is 0.922. The number of anilines is 2. The van der Waals surface area contributed by atoms with E-state index in [1.165, 1.54) is 12.1 Å². The number of rotatable bonds is 4. The maximum atomic E-state index is 12.9. The van der Waals surface area contributed by atoms with E-state index in [2.05, 4.69) is 25.5 Å². The van der Waals surface area contributed by atoms with E-state index < -0.39 is 0 Å². The van der Waals surface area contributed by atoms with Crippen LogP contribution in [0.15, 0.2) is 30.3 Å². The van der Waals surface area contributed by atoms with Gasteiger partial charge in [0.05, 0.1) is 0 Å². The molecule has 2 aromatic rings. The molecule has 0 saturated carbocycles. The van der Waals surface area contributed by atoms with Gasteiger partial charge in [-0.2, -0.15) is 4.98 Å². The molecule has 0 bridgehead atoms. The van der Waals surface area contributed by atoms with Crippen LogP contribution < -0.4 is 15.5 Å². The number of thiocarbonyl (C=S) groups is 1. The van der Waals surface area contributed by atoms with E-state index in [1.807, 2.05) is 0 Å². The monoisotopic (exact) mass is 365 g/mol. The predicted molar refractivity (Wildman–Crippen MR) is 97.9 cm³/mol. The number of nitrogens with one attached hydrogen (secondary N) is 2. The van der Waals surface area contributed by atoms with E-state index in [1.54, 1.807) is 18.2 Å². The maximum absolute atomic E-state index is 12.9. The van der Waals surface area contributed by atoms with Crippen molar-refractivity contribution >= 4 is 40.7 Å². The van der Waals surface area contributed by atoms with Gasteiger partial charge in [-0.25, -0.2) is 9.37 Å². The van der Waals surface area contributed by atoms with Crippen LogP contribution in [0.3, 0.4) is 0 Å². The zero-order chi connectivity index (χ0) is 16.9. The van der Waals surface area contributed by atoms with Gasteiger partial charge in [0.2, 0.25) is 5.95 Å². The lowest BCUT2D eigenvalue weighted by molar-refractivity contribution is 0.627. The van der Waals surface area contributed by atoms with Crippen molar-refractivity contribution in [1.29, 1.82) is 0 Å². The lowest BCUT2D eigenvalue weighted by Crippen LogP contribution is -2.29.